The average Bonchev–Trinajstić information content (AvgIpc) is 3.15. The normalized spacial score (nSPS) is 15.4. The van der Waals surface area contributed by atoms with E-state index >= 15 is 0 Å². The first-order valence-electron chi connectivity index (χ1n) is 8.98. The molecule has 0 aliphatic carbocycles. The van der Waals surface area contributed by atoms with Crippen molar-refractivity contribution in [3.63, 3.8) is 0 Å². The van der Waals surface area contributed by atoms with Gasteiger partial charge in [-0.3, -0.25) is 0 Å². The van der Waals surface area contributed by atoms with Gasteiger partial charge in [0, 0.05) is 11.8 Å². The predicted octanol–water partition coefficient (Wildman–Crippen LogP) is 0.0126. The smallest absolute Gasteiger partial charge is 0.190 e. The topological polar surface area (TPSA) is 86.7 Å². The fourth-order valence-corrected chi connectivity index (χ4v) is 3.74. The summed E-state index contributed by atoms with van der Waals surface area (Å²) in [7, 11) is 0. The fraction of sp³-hybridized carbons (Fsp3) is 0.500. The number of aryl methyl sites for hydroxylation is 1. The van der Waals surface area contributed by atoms with Crippen molar-refractivity contribution >= 4 is 23.5 Å². The maximum atomic E-state index is 10.8. The molecule has 1 saturated heterocycles. The lowest BCUT2D eigenvalue weighted by Crippen LogP contribution is -3.14. The van der Waals surface area contributed by atoms with E-state index in [1.165, 1.54) is 17.8 Å². The Kier molecular flexibility index (Phi) is 6.16. The number of piperazine rings is 1. The number of carboxylic acid groups (broad SMARTS) is 1. The van der Waals surface area contributed by atoms with Crippen molar-refractivity contribution < 1.29 is 19.2 Å². The number of aromatic carboxylic acids is 1. The van der Waals surface area contributed by atoms with Gasteiger partial charge in [0.2, 0.25) is 0 Å². The second-order valence-corrected chi connectivity index (χ2v) is 7.23. The summed E-state index contributed by atoms with van der Waals surface area (Å²) in [6.07, 6.45) is 0.846. The largest absolute Gasteiger partial charge is 0.542 e. The van der Waals surface area contributed by atoms with Crippen LogP contribution < -0.4 is 14.9 Å². The van der Waals surface area contributed by atoms with Crippen LogP contribution in [0, 0.1) is 0 Å². The van der Waals surface area contributed by atoms with Gasteiger partial charge in [0.1, 0.15) is 23.3 Å². The van der Waals surface area contributed by atoms with E-state index in [1.807, 2.05) is 0 Å². The van der Waals surface area contributed by atoms with Gasteiger partial charge in [0.25, 0.3) is 0 Å². The Balaban J connectivity index is 1.69. The number of aromatic nitrogens is 2. The minimum Gasteiger partial charge on any atom is -0.542 e. The Morgan fingerprint density at radius 2 is 2.08 bits per heavy atom. The average molecular weight is 376 g/mol. The second kappa shape index (κ2) is 8.55. The van der Waals surface area contributed by atoms with Gasteiger partial charge in [-0.1, -0.05) is 18.7 Å². The maximum Gasteiger partial charge on any atom is 0.190 e. The molecule has 1 N–H and O–H groups in total. The van der Waals surface area contributed by atoms with Crippen molar-refractivity contribution in [1.82, 2.24) is 9.97 Å². The minimum atomic E-state index is -1.30. The fourth-order valence-electron chi connectivity index (χ4n) is 2.97. The van der Waals surface area contributed by atoms with Crippen LogP contribution in [0.25, 0.3) is 0 Å². The molecule has 0 saturated carbocycles. The molecule has 0 bridgehead atoms. The first kappa shape index (κ1) is 18.7. The van der Waals surface area contributed by atoms with E-state index in [0.717, 1.165) is 50.7 Å². The quantitative estimate of drug-likeness (QED) is 0.538. The highest BCUT2D eigenvalue weighted by Gasteiger charge is 2.20. The van der Waals surface area contributed by atoms with Crippen molar-refractivity contribution in [2.75, 3.05) is 37.6 Å². The van der Waals surface area contributed by atoms with E-state index in [2.05, 4.69) is 29.8 Å². The van der Waals surface area contributed by atoms with Crippen molar-refractivity contribution in [3.05, 3.63) is 35.4 Å². The number of nitrogens with zero attached hydrogens (tertiary/aromatic N) is 3. The van der Waals surface area contributed by atoms with Crippen LogP contribution in [0.1, 0.15) is 35.9 Å². The number of thioether (sulfide) groups is 1. The van der Waals surface area contributed by atoms with Gasteiger partial charge < -0.3 is 24.1 Å². The molecule has 0 atom stereocenters. The molecule has 26 heavy (non-hydrogen) atoms. The molecule has 3 heterocycles. The number of carbonyl (C=O) groups is 1. The summed E-state index contributed by atoms with van der Waals surface area (Å²) in [4.78, 5) is 24.0. The van der Waals surface area contributed by atoms with E-state index in [-0.39, 0.29) is 5.76 Å². The zero-order chi connectivity index (χ0) is 18.5. The van der Waals surface area contributed by atoms with Crippen molar-refractivity contribution in [1.29, 1.82) is 0 Å². The molecule has 140 valence electrons. The SMILES string of the molecule is CCc1cc(N2CC[NH+](CC)CC2)nc(SCc2ccc(C(=O)[O-])o2)n1. The van der Waals surface area contributed by atoms with Gasteiger partial charge in [-0.25, -0.2) is 9.97 Å². The van der Waals surface area contributed by atoms with E-state index in [4.69, 9.17) is 9.40 Å². The molecule has 0 spiro atoms. The van der Waals surface area contributed by atoms with Crippen LogP contribution in [0.15, 0.2) is 27.8 Å². The van der Waals surface area contributed by atoms with E-state index in [0.29, 0.717) is 16.7 Å². The van der Waals surface area contributed by atoms with Crippen molar-refractivity contribution in [2.45, 2.75) is 31.2 Å². The maximum absolute atomic E-state index is 10.8. The van der Waals surface area contributed by atoms with Crippen molar-refractivity contribution in [3.8, 4) is 0 Å². The predicted molar refractivity (Wildman–Crippen MR) is 97.5 cm³/mol. The number of nitrogens with one attached hydrogen (secondary N) is 1. The van der Waals surface area contributed by atoms with E-state index < -0.39 is 5.97 Å². The van der Waals surface area contributed by atoms with Crippen LogP contribution in [0.2, 0.25) is 0 Å². The number of quaternary nitrogens is 1. The lowest BCUT2D eigenvalue weighted by atomic mass is 10.2. The number of hydrogen-bond donors (Lipinski definition) is 1. The Bertz CT molecular complexity index is 757. The molecule has 2 aromatic rings. The summed E-state index contributed by atoms with van der Waals surface area (Å²) in [6.45, 7) is 9.72. The number of carboxylic acids is 1. The highest BCUT2D eigenvalue weighted by Crippen LogP contribution is 2.24. The summed E-state index contributed by atoms with van der Waals surface area (Å²) in [5.41, 5.74) is 1.01. The van der Waals surface area contributed by atoms with Gasteiger partial charge in [-0.15, -0.1) is 0 Å². The molecule has 0 aromatic carbocycles. The molecule has 7 nitrogen and oxygen atoms in total. The Morgan fingerprint density at radius 1 is 1.31 bits per heavy atom. The standard InChI is InChI=1S/C18H24N4O3S/c1-3-13-11-16(22-9-7-21(4-2)8-10-22)20-18(19-13)26-12-14-5-6-15(25-14)17(23)24/h5-6,11H,3-4,7-10,12H2,1-2H3,(H,23,24). The Hall–Kier alpha value is -2.06. The molecule has 1 aliphatic rings. The molecule has 0 amide bonds. The van der Waals surface area contributed by atoms with E-state index in [9.17, 15) is 9.90 Å². The summed E-state index contributed by atoms with van der Waals surface area (Å²) < 4.78 is 5.24. The van der Waals surface area contributed by atoms with Crippen LogP contribution in [0.5, 0.6) is 0 Å². The third-order valence-electron chi connectivity index (χ3n) is 4.61. The number of hydrogen-bond acceptors (Lipinski definition) is 7. The summed E-state index contributed by atoms with van der Waals surface area (Å²) >= 11 is 1.45. The van der Waals surface area contributed by atoms with Crippen LogP contribution in [-0.4, -0.2) is 48.7 Å². The molecular weight excluding hydrogens is 352 g/mol. The minimum absolute atomic E-state index is 0.152. The molecule has 1 aliphatic heterocycles. The summed E-state index contributed by atoms with van der Waals surface area (Å²) in [5, 5.41) is 11.5. The second-order valence-electron chi connectivity index (χ2n) is 6.29. The van der Waals surface area contributed by atoms with Gasteiger partial charge in [-0.2, -0.15) is 0 Å². The number of carbonyl (C=O) groups excluding carboxylic acids is 1. The number of anilines is 1. The first-order valence-corrected chi connectivity index (χ1v) is 9.97. The summed E-state index contributed by atoms with van der Waals surface area (Å²) in [6, 6.07) is 5.13. The van der Waals surface area contributed by atoms with Gasteiger partial charge in [-0.05, 0) is 25.5 Å². The molecule has 0 radical (unpaired) electrons. The van der Waals surface area contributed by atoms with Gasteiger partial charge >= 0.3 is 0 Å². The molecule has 2 aromatic heterocycles. The highest BCUT2D eigenvalue weighted by atomic mass is 32.2. The number of likely N-dealkylation sites (N-methyl/N-ethyl adjacent to an activating group) is 1. The lowest BCUT2D eigenvalue weighted by Gasteiger charge is -2.32. The van der Waals surface area contributed by atoms with Crippen LogP contribution in [0.4, 0.5) is 5.82 Å². The number of furan rings is 1. The van der Waals surface area contributed by atoms with E-state index in [1.54, 1.807) is 11.0 Å². The molecular formula is C18H24N4O3S. The Morgan fingerprint density at radius 3 is 2.69 bits per heavy atom. The Labute approximate surface area is 157 Å². The molecule has 1 fully saturated rings. The van der Waals surface area contributed by atoms with Crippen LogP contribution in [0.3, 0.4) is 0 Å². The van der Waals surface area contributed by atoms with Gasteiger partial charge in [0.15, 0.2) is 5.16 Å². The van der Waals surface area contributed by atoms with Gasteiger partial charge in [0.05, 0.1) is 38.5 Å². The third kappa shape index (κ3) is 4.56. The lowest BCUT2D eigenvalue weighted by molar-refractivity contribution is -0.898. The van der Waals surface area contributed by atoms with Crippen LogP contribution >= 0.6 is 11.8 Å². The van der Waals surface area contributed by atoms with Crippen LogP contribution in [-0.2, 0) is 12.2 Å². The first-order chi connectivity index (χ1) is 12.6. The monoisotopic (exact) mass is 376 g/mol. The third-order valence-corrected chi connectivity index (χ3v) is 5.48. The zero-order valence-electron chi connectivity index (χ0n) is 15.2. The van der Waals surface area contributed by atoms with Crippen molar-refractivity contribution in [2.24, 2.45) is 0 Å². The molecule has 8 heteroatoms. The number of rotatable bonds is 7. The zero-order valence-corrected chi connectivity index (χ0v) is 16.0. The molecule has 3 rings (SSSR count). The summed E-state index contributed by atoms with van der Waals surface area (Å²) in [5.74, 6) is 0.570. The molecule has 0 unspecified atom stereocenters. The highest BCUT2D eigenvalue weighted by molar-refractivity contribution is 7.98.